The van der Waals surface area contributed by atoms with Gasteiger partial charge in [0.05, 0.1) is 0 Å². The summed E-state index contributed by atoms with van der Waals surface area (Å²) in [4.78, 5) is 22.9. The Balaban J connectivity index is 1.94. The van der Waals surface area contributed by atoms with Crippen LogP contribution in [0.5, 0.6) is 0 Å². The van der Waals surface area contributed by atoms with Crippen LogP contribution in [0.2, 0.25) is 0 Å². The number of carboxylic acids is 1. The van der Waals surface area contributed by atoms with Crippen molar-refractivity contribution in [3.63, 3.8) is 0 Å². The van der Waals surface area contributed by atoms with Crippen LogP contribution in [0.4, 0.5) is 4.79 Å². The third kappa shape index (κ3) is 4.11. The van der Waals surface area contributed by atoms with Crippen LogP contribution >= 0.6 is 0 Å². The molecule has 2 rings (SSSR count). The highest BCUT2D eigenvalue weighted by Crippen LogP contribution is 2.25. The molecule has 9 nitrogen and oxygen atoms in total. The Morgan fingerprint density at radius 3 is 2.35 bits per heavy atom. The van der Waals surface area contributed by atoms with Gasteiger partial charge in [-0.1, -0.05) is 19.8 Å². The fourth-order valence-corrected chi connectivity index (χ4v) is 2.97. The first-order valence-electron chi connectivity index (χ1n) is 7.71. The van der Waals surface area contributed by atoms with E-state index >= 15 is 0 Å². The van der Waals surface area contributed by atoms with E-state index < -0.39 is 42.8 Å². The third-order valence-electron chi connectivity index (χ3n) is 4.45. The van der Waals surface area contributed by atoms with Gasteiger partial charge in [-0.05, 0) is 18.8 Å². The molecular formula is C14H23NO8. The van der Waals surface area contributed by atoms with Crippen LogP contribution in [0.3, 0.4) is 0 Å². The van der Waals surface area contributed by atoms with E-state index in [-0.39, 0.29) is 12.0 Å². The van der Waals surface area contributed by atoms with Gasteiger partial charge in [0.2, 0.25) is 6.29 Å². The molecule has 1 heterocycles. The molecule has 0 radical (unpaired) electrons. The van der Waals surface area contributed by atoms with E-state index in [0.29, 0.717) is 0 Å². The molecule has 1 aliphatic heterocycles. The second-order valence-electron chi connectivity index (χ2n) is 6.15. The topological polar surface area (TPSA) is 146 Å². The Morgan fingerprint density at radius 2 is 1.74 bits per heavy atom. The highest BCUT2D eigenvalue weighted by molar-refractivity contribution is 5.73. The molecule has 1 saturated carbocycles. The van der Waals surface area contributed by atoms with Crippen LogP contribution in [-0.2, 0) is 14.3 Å². The predicted molar refractivity (Wildman–Crippen MR) is 75.4 cm³/mol. The zero-order valence-corrected chi connectivity index (χ0v) is 12.8. The summed E-state index contributed by atoms with van der Waals surface area (Å²) in [6.45, 7) is 2.01. The zero-order valence-electron chi connectivity index (χ0n) is 12.8. The van der Waals surface area contributed by atoms with Crippen molar-refractivity contribution < 1.29 is 39.5 Å². The van der Waals surface area contributed by atoms with Crippen molar-refractivity contribution in [2.75, 3.05) is 0 Å². The Bertz CT molecular complexity index is 444. The Kier molecular flexibility index (Phi) is 5.79. The minimum atomic E-state index is -1.82. The molecule has 9 heteroatoms. The second kappa shape index (κ2) is 7.43. The molecule has 0 bridgehead atoms. The van der Waals surface area contributed by atoms with Crippen molar-refractivity contribution >= 4 is 12.1 Å². The number of carbonyl (C=O) groups is 2. The number of aliphatic hydroxyl groups excluding tert-OH is 3. The number of aliphatic carboxylic acids is 1. The van der Waals surface area contributed by atoms with Gasteiger partial charge in [-0.3, -0.25) is 0 Å². The molecular weight excluding hydrogens is 310 g/mol. The molecule has 0 aromatic heterocycles. The molecule has 132 valence electrons. The lowest BCUT2D eigenvalue weighted by Crippen LogP contribution is -2.61. The Hall–Kier alpha value is -1.42. The fourth-order valence-electron chi connectivity index (χ4n) is 2.97. The zero-order chi connectivity index (χ0) is 17.1. The maximum atomic E-state index is 11.9. The number of alkyl carbamates (subject to hydrolysis) is 1. The average molecular weight is 333 g/mol. The van der Waals surface area contributed by atoms with Crippen molar-refractivity contribution in [1.82, 2.24) is 5.32 Å². The SMILES string of the molecule is C[C@@H]1CCCC[C@@H]1NC(=O)O[C@@H]1O[C@H](C(=O)O)[C@@H](O)[C@H](O)[C@H]1O. The number of aliphatic hydroxyl groups is 3. The lowest BCUT2D eigenvalue weighted by atomic mass is 9.86. The molecule has 2 aliphatic rings. The molecule has 1 aliphatic carbocycles. The largest absolute Gasteiger partial charge is 0.479 e. The summed E-state index contributed by atoms with van der Waals surface area (Å²) >= 11 is 0. The Morgan fingerprint density at radius 1 is 1.09 bits per heavy atom. The fraction of sp³-hybridized carbons (Fsp3) is 0.857. The van der Waals surface area contributed by atoms with Crippen LogP contribution in [0.1, 0.15) is 32.6 Å². The van der Waals surface area contributed by atoms with Crippen molar-refractivity contribution in [2.24, 2.45) is 5.92 Å². The third-order valence-corrected chi connectivity index (χ3v) is 4.45. The first-order valence-corrected chi connectivity index (χ1v) is 7.71. The summed E-state index contributed by atoms with van der Waals surface area (Å²) < 4.78 is 9.78. The van der Waals surface area contributed by atoms with Crippen LogP contribution in [0, 0.1) is 5.92 Å². The van der Waals surface area contributed by atoms with Gasteiger partial charge in [0, 0.05) is 6.04 Å². The lowest BCUT2D eigenvalue weighted by molar-refractivity contribution is -0.278. The monoisotopic (exact) mass is 333 g/mol. The van der Waals surface area contributed by atoms with Crippen LogP contribution in [0.25, 0.3) is 0 Å². The van der Waals surface area contributed by atoms with Gasteiger partial charge < -0.3 is 35.2 Å². The average Bonchev–Trinajstić information content (AvgIpc) is 2.50. The summed E-state index contributed by atoms with van der Waals surface area (Å²) in [6.07, 6.45) is -5.79. The van der Waals surface area contributed by atoms with Gasteiger partial charge in [-0.2, -0.15) is 0 Å². The molecule has 23 heavy (non-hydrogen) atoms. The van der Waals surface area contributed by atoms with Crippen LogP contribution < -0.4 is 5.32 Å². The number of hydrogen-bond donors (Lipinski definition) is 5. The van der Waals surface area contributed by atoms with E-state index in [9.17, 15) is 24.9 Å². The lowest BCUT2D eigenvalue weighted by Gasteiger charge is -2.38. The van der Waals surface area contributed by atoms with Crippen molar-refractivity contribution in [3.8, 4) is 0 Å². The normalized spacial score (nSPS) is 41.1. The van der Waals surface area contributed by atoms with E-state index in [1.54, 1.807) is 0 Å². The maximum absolute atomic E-state index is 11.9. The molecule has 0 spiro atoms. The highest BCUT2D eigenvalue weighted by atomic mass is 16.7. The first-order chi connectivity index (χ1) is 10.8. The predicted octanol–water partition coefficient (Wildman–Crippen LogP) is -0.816. The van der Waals surface area contributed by atoms with Gasteiger partial charge in [-0.15, -0.1) is 0 Å². The summed E-state index contributed by atoms with van der Waals surface area (Å²) in [5, 5.41) is 40.6. The molecule has 5 N–H and O–H groups in total. The smallest absolute Gasteiger partial charge is 0.409 e. The summed E-state index contributed by atoms with van der Waals surface area (Å²) in [7, 11) is 0. The van der Waals surface area contributed by atoms with Gasteiger partial charge in [0.25, 0.3) is 0 Å². The molecule has 2 fully saturated rings. The molecule has 0 aromatic rings. The molecule has 1 amide bonds. The van der Waals surface area contributed by atoms with Crippen molar-refractivity contribution in [1.29, 1.82) is 0 Å². The van der Waals surface area contributed by atoms with E-state index in [1.165, 1.54) is 0 Å². The summed E-state index contributed by atoms with van der Waals surface area (Å²) in [5.74, 6) is -1.24. The molecule has 0 unspecified atom stereocenters. The summed E-state index contributed by atoms with van der Waals surface area (Å²) in [6, 6.07) is -0.0669. The number of amides is 1. The van der Waals surface area contributed by atoms with Crippen molar-refractivity contribution in [3.05, 3.63) is 0 Å². The number of rotatable bonds is 3. The van der Waals surface area contributed by atoms with E-state index in [0.717, 1.165) is 25.7 Å². The first kappa shape index (κ1) is 17.9. The van der Waals surface area contributed by atoms with E-state index in [1.807, 2.05) is 6.92 Å². The Labute approximate surface area is 133 Å². The number of carboxylic acid groups (broad SMARTS) is 1. The second-order valence-corrected chi connectivity index (χ2v) is 6.15. The van der Waals surface area contributed by atoms with Gasteiger partial charge in [-0.25, -0.2) is 9.59 Å². The minimum absolute atomic E-state index is 0.0669. The number of carbonyl (C=O) groups excluding carboxylic acids is 1. The number of hydrogen-bond acceptors (Lipinski definition) is 7. The molecule has 1 saturated heterocycles. The quantitative estimate of drug-likeness (QED) is 0.450. The standard InChI is InChI=1S/C14H23NO8/c1-6-4-2-3-5-7(6)15-14(21)23-13-10(18)8(16)9(17)11(22-13)12(19)20/h6-11,13,16-18H,2-5H2,1H3,(H,15,21)(H,19,20)/t6-,7+,8+,9+,10-,11+,13+/m1/s1. The number of ether oxygens (including phenoxy) is 2. The maximum Gasteiger partial charge on any atom is 0.409 e. The van der Waals surface area contributed by atoms with Crippen LogP contribution in [-0.4, -0.2) is 69.2 Å². The van der Waals surface area contributed by atoms with E-state index in [2.05, 4.69) is 5.32 Å². The minimum Gasteiger partial charge on any atom is -0.479 e. The number of nitrogens with one attached hydrogen (secondary N) is 1. The molecule has 0 aromatic carbocycles. The van der Waals surface area contributed by atoms with Crippen LogP contribution in [0.15, 0.2) is 0 Å². The highest BCUT2D eigenvalue weighted by Gasteiger charge is 2.48. The van der Waals surface area contributed by atoms with Gasteiger partial charge in [0.1, 0.15) is 18.3 Å². The van der Waals surface area contributed by atoms with E-state index in [4.69, 9.17) is 14.6 Å². The molecule has 7 atom stereocenters. The van der Waals surface area contributed by atoms with Gasteiger partial charge in [0.15, 0.2) is 6.10 Å². The summed E-state index contributed by atoms with van der Waals surface area (Å²) in [5.41, 5.74) is 0. The van der Waals surface area contributed by atoms with Crippen molar-refractivity contribution in [2.45, 2.75) is 69.4 Å². The van der Waals surface area contributed by atoms with Gasteiger partial charge >= 0.3 is 12.1 Å².